The monoisotopic (exact) mass is 376 g/mol. The number of hydrogen-bond acceptors (Lipinski definition) is 5. The summed E-state index contributed by atoms with van der Waals surface area (Å²) in [5.41, 5.74) is 0.869. The van der Waals surface area contributed by atoms with E-state index in [1.54, 1.807) is 32.4 Å². The molecule has 2 aromatic rings. The molecule has 7 heteroatoms. The molecule has 1 aromatic carbocycles. The summed E-state index contributed by atoms with van der Waals surface area (Å²) in [6, 6.07) is 7.55. The van der Waals surface area contributed by atoms with Gasteiger partial charge < -0.3 is 10.0 Å². The van der Waals surface area contributed by atoms with Crippen LogP contribution in [0.5, 0.6) is 0 Å². The van der Waals surface area contributed by atoms with Gasteiger partial charge in [0.05, 0.1) is 17.2 Å². The molecule has 0 fully saturated rings. The predicted octanol–water partition coefficient (Wildman–Crippen LogP) is 3.87. The minimum atomic E-state index is -0.913. The van der Waals surface area contributed by atoms with Gasteiger partial charge in [-0.25, -0.2) is 15.0 Å². The lowest BCUT2D eigenvalue weighted by molar-refractivity contribution is 0.0501. The number of benzene rings is 1. The average Bonchev–Trinajstić information content (AvgIpc) is 2.55. The van der Waals surface area contributed by atoms with E-state index in [-0.39, 0.29) is 11.3 Å². The van der Waals surface area contributed by atoms with Crippen LogP contribution in [0.3, 0.4) is 0 Å². The van der Waals surface area contributed by atoms with E-state index >= 15 is 0 Å². The number of aromatic nitrogens is 2. The van der Waals surface area contributed by atoms with Gasteiger partial charge in [0, 0.05) is 30.2 Å². The topological polar surface area (TPSA) is 61.6 Å². The fourth-order valence-corrected chi connectivity index (χ4v) is 2.94. The molecular formula is C18H18Cl2N4O. The van der Waals surface area contributed by atoms with Crippen LogP contribution in [0.25, 0.3) is 0 Å². The Morgan fingerprint density at radius 1 is 1.12 bits per heavy atom. The van der Waals surface area contributed by atoms with Crippen molar-refractivity contribution in [2.45, 2.75) is 25.5 Å². The lowest BCUT2D eigenvalue weighted by Crippen LogP contribution is -2.45. The van der Waals surface area contributed by atoms with E-state index in [1.807, 2.05) is 35.2 Å². The van der Waals surface area contributed by atoms with Gasteiger partial charge in [-0.3, -0.25) is 0 Å². The zero-order valence-corrected chi connectivity index (χ0v) is 15.4. The smallest absolute Gasteiger partial charge is 0.222 e. The number of hydrogen-bond donors (Lipinski definition) is 1. The quantitative estimate of drug-likeness (QED) is 0.822. The summed E-state index contributed by atoms with van der Waals surface area (Å²) in [6.45, 7) is 3.91. The minimum Gasteiger partial charge on any atom is -0.389 e. The van der Waals surface area contributed by atoms with Gasteiger partial charge in [0.2, 0.25) is 5.28 Å². The largest absolute Gasteiger partial charge is 0.389 e. The molecule has 0 bridgehead atoms. The van der Waals surface area contributed by atoms with Crippen LogP contribution >= 0.6 is 23.2 Å². The lowest BCUT2D eigenvalue weighted by atomic mass is 10.00. The van der Waals surface area contributed by atoms with E-state index in [9.17, 15) is 5.11 Å². The van der Waals surface area contributed by atoms with Crippen molar-refractivity contribution in [3.05, 3.63) is 70.4 Å². The van der Waals surface area contributed by atoms with Crippen molar-refractivity contribution in [1.29, 1.82) is 0 Å². The summed E-state index contributed by atoms with van der Waals surface area (Å²) in [4.78, 5) is 14.6. The highest BCUT2D eigenvalue weighted by atomic mass is 35.5. The predicted molar refractivity (Wildman–Crippen MR) is 99.9 cm³/mol. The second-order valence-corrected chi connectivity index (χ2v) is 7.25. The van der Waals surface area contributed by atoms with E-state index in [1.165, 1.54) is 0 Å². The van der Waals surface area contributed by atoms with Crippen molar-refractivity contribution in [2.75, 3.05) is 6.54 Å². The van der Waals surface area contributed by atoms with Gasteiger partial charge in [-0.15, -0.1) is 0 Å². The van der Waals surface area contributed by atoms with Crippen LogP contribution in [0.15, 0.2) is 53.9 Å². The summed E-state index contributed by atoms with van der Waals surface area (Å²) in [7, 11) is 0. The number of nitrogens with zero attached hydrogens (tertiary/aromatic N) is 4. The first-order chi connectivity index (χ1) is 11.8. The molecule has 0 saturated heterocycles. The normalized spacial score (nSPS) is 17.6. The minimum absolute atomic E-state index is 0.0909. The second kappa shape index (κ2) is 7.12. The Hall–Kier alpha value is -1.95. The summed E-state index contributed by atoms with van der Waals surface area (Å²) < 4.78 is 0. The van der Waals surface area contributed by atoms with Crippen LogP contribution in [-0.2, 0) is 0 Å². The first kappa shape index (κ1) is 17.9. The molecule has 1 aliphatic rings. The SMILES string of the molecule is CC(C)(O)CN1C(c2cnc(Cl)nc2)=NC=CC1c1ccc(Cl)cc1. The highest BCUT2D eigenvalue weighted by molar-refractivity contribution is 6.30. The molecular weight excluding hydrogens is 359 g/mol. The van der Waals surface area contributed by atoms with Gasteiger partial charge >= 0.3 is 0 Å². The Morgan fingerprint density at radius 2 is 1.76 bits per heavy atom. The molecule has 1 aromatic heterocycles. The van der Waals surface area contributed by atoms with Crippen molar-refractivity contribution in [3.63, 3.8) is 0 Å². The van der Waals surface area contributed by atoms with E-state index in [0.717, 1.165) is 11.1 Å². The molecule has 130 valence electrons. The Balaban J connectivity index is 2.01. The van der Waals surface area contributed by atoms with Gasteiger partial charge in [0.15, 0.2) is 0 Å². The van der Waals surface area contributed by atoms with Crippen molar-refractivity contribution in [3.8, 4) is 0 Å². The molecule has 0 amide bonds. The van der Waals surface area contributed by atoms with Gasteiger partial charge in [0.25, 0.3) is 0 Å². The van der Waals surface area contributed by atoms with Crippen molar-refractivity contribution in [2.24, 2.45) is 4.99 Å². The summed E-state index contributed by atoms with van der Waals surface area (Å²) in [5.74, 6) is 0.682. The molecule has 0 radical (unpaired) electrons. The third-order valence-electron chi connectivity index (χ3n) is 3.72. The Labute approximate surface area is 156 Å². The molecule has 2 heterocycles. The highest BCUT2D eigenvalue weighted by Crippen LogP contribution is 2.30. The first-order valence-corrected chi connectivity index (χ1v) is 8.56. The van der Waals surface area contributed by atoms with Crippen LogP contribution in [0, 0.1) is 0 Å². The second-order valence-electron chi connectivity index (χ2n) is 6.47. The van der Waals surface area contributed by atoms with Crippen molar-refractivity contribution in [1.82, 2.24) is 14.9 Å². The zero-order chi connectivity index (χ0) is 18.0. The number of amidine groups is 1. The Morgan fingerprint density at radius 3 is 2.36 bits per heavy atom. The number of aliphatic hydroxyl groups is 1. The van der Waals surface area contributed by atoms with E-state index in [4.69, 9.17) is 23.2 Å². The lowest BCUT2D eigenvalue weighted by Gasteiger charge is -2.38. The zero-order valence-electron chi connectivity index (χ0n) is 13.9. The number of rotatable bonds is 4. The van der Waals surface area contributed by atoms with Crippen LogP contribution in [0.1, 0.15) is 31.0 Å². The maximum Gasteiger partial charge on any atom is 0.222 e. The van der Waals surface area contributed by atoms with Crippen LogP contribution in [0.2, 0.25) is 10.3 Å². The first-order valence-electron chi connectivity index (χ1n) is 7.80. The molecule has 0 aliphatic carbocycles. The number of aliphatic imine (C=N–C) groups is 1. The van der Waals surface area contributed by atoms with Gasteiger partial charge in [0.1, 0.15) is 5.84 Å². The molecule has 1 unspecified atom stereocenters. The average molecular weight is 377 g/mol. The number of β-amino-alcohol motifs (C(OH)–C–C–N with tert-alkyl or cyclic N) is 1. The molecule has 1 N–H and O–H groups in total. The third kappa shape index (κ3) is 4.37. The molecule has 3 rings (SSSR count). The fraction of sp³-hybridized carbons (Fsp3) is 0.278. The van der Waals surface area contributed by atoms with Crippen LogP contribution < -0.4 is 0 Å². The summed E-state index contributed by atoms with van der Waals surface area (Å²) in [6.07, 6.45) is 6.99. The Kier molecular flexibility index (Phi) is 5.08. The molecule has 25 heavy (non-hydrogen) atoms. The standard InChI is InChI=1S/C18H18Cl2N4O/c1-18(2,25)11-24-15(12-3-5-14(19)6-4-12)7-8-21-16(24)13-9-22-17(20)23-10-13/h3-10,15,25H,11H2,1-2H3. The van der Waals surface area contributed by atoms with Gasteiger partial charge in [-0.1, -0.05) is 23.7 Å². The van der Waals surface area contributed by atoms with Gasteiger partial charge in [-0.05, 0) is 49.2 Å². The fourth-order valence-electron chi connectivity index (χ4n) is 2.71. The highest BCUT2D eigenvalue weighted by Gasteiger charge is 2.30. The maximum absolute atomic E-state index is 10.4. The van der Waals surface area contributed by atoms with E-state index < -0.39 is 5.60 Å². The number of halogens is 2. The molecule has 5 nitrogen and oxygen atoms in total. The van der Waals surface area contributed by atoms with Crippen LogP contribution in [-0.4, -0.2) is 38.0 Å². The third-order valence-corrected chi connectivity index (χ3v) is 4.17. The van der Waals surface area contributed by atoms with Crippen molar-refractivity contribution >= 4 is 29.0 Å². The summed E-state index contributed by atoms with van der Waals surface area (Å²) >= 11 is 11.8. The van der Waals surface area contributed by atoms with E-state index in [0.29, 0.717) is 17.4 Å². The molecule has 1 atom stereocenters. The molecule has 1 aliphatic heterocycles. The molecule has 0 spiro atoms. The van der Waals surface area contributed by atoms with E-state index in [2.05, 4.69) is 15.0 Å². The van der Waals surface area contributed by atoms with Crippen molar-refractivity contribution < 1.29 is 5.11 Å². The summed E-state index contributed by atoms with van der Waals surface area (Å²) in [5, 5.41) is 11.3. The Bertz CT molecular complexity index is 795. The van der Waals surface area contributed by atoms with Gasteiger partial charge in [-0.2, -0.15) is 0 Å². The maximum atomic E-state index is 10.4. The van der Waals surface area contributed by atoms with Crippen LogP contribution in [0.4, 0.5) is 0 Å². The molecule has 0 saturated carbocycles.